The molecule has 0 aliphatic carbocycles. The van der Waals surface area contributed by atoms with Crippen LogP contribution < -0.4 is 5.32 Å². The van der Waals surface area contributed by atoms with Crippen molar-refractivity contribution in [3.05, 3.63) is 65.7 Å². The Balaban J connectivity index is 1.37. The van der Waals surface area contributed by atoms with Gasteiger partial charge in [-0.05, 0) is 12.5 Å². The van der Waals surface area contributed by atoms with Crippen LogP contribution in [0.15, 0.2) is 54.6 Å². The molecule has 7 heteroatoms. The first-order valence-electron chi connectivity index (χ1n) is 9.11. The average Bonchev–Trinajstić information content (AvgIpc) is 3.31. The smallest absolute Gasteiger partial charge is 0.231 e. The lowest BCUT2D eigenvalue weighted by atomic mass is 10.1. The minimum atomic E-state index is -0.373. The molecule has 1 atom stereocenters. The van der Waals surface area contributed by atoms with Gasteiger partial charge in [0.1, 0.15) is 5.01 Å². The highest BCUT2D eigenvalue weighted by Crippen LogP contribution is 2.27. The Bertz CT molecular complexity index is 985. The standard InChI is InChI=1S/C21H20N4O2S/c1-14-7-9-15(10-8-14)12-25-13-17(11-18(25)26)19(27)22-21-24-23-20(28-21)16-5-3-2-4-6-16/h2-10,17H,11-13H2,1H3,(H,22,24,27). The van der Waals surface area contributed by atoms with Gasteiger partial charge in [0.15, 0.2) is 0 Å². The highest BCUT2D eigenvalue weighted by Gasteiger charge is 2.34. The Labute approximate surface area is 167 Å². The lowest BCUT2D eigenvalue weighted by molar-refractivity contribution is -0.128. The summed E-state index contributed by atoms with van der Waals surface area (Å²) in [7, 11) is 0. The molecule has 1 N–H and O–H groups in total. The number of benzene rings is 2. The van der Waals surface area contributed by atoms with Crippen LogP contribution in [0.1, 0.15) is 17.5 Å². The van der Waals surface area contributed by atoms with E-state index in [1.54, 1.807) is 4.90 Å². The zero-order valence-electron chi connectivity index (χ0n) is 15.5. The average molecular weight is 392 g/mol. The maximum Gasteiger partial charge on any atom is 0.231 e. The van der Waals surface area contributed by atoms with E-state index in [-0.39, 0.29) is 24.2 Å². The number of nitrogens with zero attached hydrogens (tertiary/aromatic N) is 3. The van der Waals surface area contributed by atoms with E-state index in [2.05, 4.69) is 15.5 Å². The van der Waals surface area contributed by atoms with E-state index in [0.717, 1.165) is 16.1 Å². The monoisotopic (exact) mass is 392 g/mol. The number of hydrogen-bond donors (Lipinski definition) is 1. The fourth-order valence-electron chi connectivity index (χ4n) is 3.19. The molecule has 2 amide bonds. The number of anilines is 1. The highest BCUT2D eigenvalue weighted by atomic mass is 32.1. The molecule has 0 bridgehead atoms. The normalized spacial score (nSPS) is 16.4. The van der Waals surface area contributed by atoms with E-state index in [9.17, 15) is 9.59 Å². The van der Waals surface area contributed by atoms with Gasteiger partial charge in [0.2, 0.25) is 16.9 Å². The lowest BCUT2D eigenvalue weighted by Gasteiger charge is -2.16. The van der Waals surface area contributed by atoms with Crippen LogP contribution in [0.2, 0.25) is 0 Å². The third-order valence-electron chi connectivity index (χ3n) is 4.76. The Kier molecular flexibility index (Phi) is 5.16. The molecule has 2 aromatic carbocycles. The molecule has 2 heterocycles. The summed E-state index contributed by atoms with van der Waals surface area (Å²) in [6.07, 6.45) is 0.224. The first-order chi connectivity index (χ1) is 13.6. The van der Waals surface area contributed by atoms with Gasteiger partial charge >= 0.3 is 0 Å². The van der Waals surface area contributed by atoms with E-state index in [1.165, 1.54) is 16.9 Å². The Morgan fingerprint density at radius 2 is 1.89 bits per heavy atom. The number of aromatic nitrogens is 2. The van der Waals surface area contributed by atoms with Crippen molar-refractivity contribution in [2.45, 2.75) is 19.9 Å². The van der Waals surface area contributed by atoms with E-state index in [0.29, 0.717) is 18.2 Å². The third-order valence-corrected chi connectivity index (χ3v) is 5.64. The second-order valence-electron chi connectivity index (χ2n) is 6.93. The van der Waals surface area contributed by atoms with E-state index in [4.69, 9.17) is 0 Å². The van der Waals surface area contributed by atoms with Crippen LogP contribution in [-0.4, -0.2) is 33.5 Å². The quantitative estimate of drug-likeness (QED) is 0.721. The molecule has 1 aromatic heterocycles. The summed E-state index contributed by atoms with van der Waals surface area (Å²) in [5, 5.41) is 12.2. The first-order valence-corrected chi connectivity index (χ1v) is 9.93. The summed E-state index contributed by atoms with van der Waals surface area (Å²) in [6.45, 7) is 2.98. The predicted molar refractivity (Wildman–Crippen MR) is 109 cm³/mol. The van der Waals surface area contributed by atoms with Crippen molar-refractivity contribution in [3.8, 4) is 10.6 Å². The largest absolute Gasteiger partial charge is 0.338 e. The Morgan fingerprint density at radius 1 is 1.14 bits per heavy atom. The zero-order valence-corrected chi connectivity index (χ0v) is 16.3. The number of carbonyl (C=O) groups excluding carboxylic acids is 2. The summed E-state index contributed by atoms with van der Waals surface area (Å²) < 4.78 is 0. The molecule has 0 spiro atoms. The molecule has 1 saturated heterocycles. The Hall–Kier alpha value is -3.06. The van der Waals surface area contributed by atoms with Gasteiger partial charge in [-0.3, -0.25) is 9.59 Å². The second-order valence-corrected chi connectivity index (χ2v) is 7.91. The Morgan fingerprint density at radius 3 is 2.64 bits per heavy atom. The number of amides is 2. The SMILES string of the molecule is Cc1ccc(CN2CC(C(=O)Nc3nnc(-c4ccccc4)s3)CC2=O)cc1. The van der Waals surface area contributed by atoms with Crippen molar-refractivity contribution in [3.63, 3.8) is 0 Å². The van der Waals surface area contributed by atoms with Crippen molar-refractivity contribution >= 4 is 28.3 Å². The molecule has 0 radical (unpaired) electrons. The molecule has 4 rings (SSSR count). The van der Waals surface area contributed by atoms with Crippen molar-refractivity contribution in [2.24, 2.45) is 5.92 Å². The minimum absolute atomic E-state index is 0.00274. The molecular weight excluding hydrogens is 372 g/mol. The predicted octanol–water partition coefficient (Wildman–Crippen LogP) is 3.50. The topological polar surface area (TPSA) is 75.2 Å². The van der Waals surface area contributed by atoms with Gasteiger partial charge in [-0.25, -0.2) is 0 Å². The number of rotatable bonds is 5. The summed E-state index contributed by atoms with van der Waals surface area (Å²) >= 11 is 1.33. The van der Waals surface area contributed by atoms with E-state index in [1.807, 2.05) is 61.5 Å². The van der Waals surface area contributed by atoms with Crippen molar-refractivity contribution in [1.82, 2.24) is 15.1 Å². The van der Waals surface area contributed by atoms with Gasteiger partial charge in [-0.15, -0.1) is 10.2 Å². The molecule has 3 aromatic rings. The minimum Gasteiger partial charge on any atom is -0.338 e. The van der Waals surface area contributed by atoms with Gasteiger partial charge in [0.05, 0.1) is 5.92 Å². The highest BCUT2D eigenvalue weighted by molar-refractivity contribution is 7.18. The maximum atomic E-state index is 12.6. The van der Waals surface area contributed by atoms with Crippen LogP contribution in [0.4, 0.5) is 5.13 Å². The number of likely N-dealkylation sites (tertiary alicyclic amines) is 1. The number of carbonyl (C=O) groups is 2. The maximum absolute atomic E-state index is 12.6. The summed E-state index contributed by atoms with van der Waals surface area (Å²) in [5.41, 5.74) is 3.21. The van der Waals surface area contributed by atoms with E-state index >= 15 is 0 Å². The van der Waals surface area contributed by atoms with Crippen LogP contribution >= 0.6 is 11.3 Å². The van der Waals surface area contributed by atoms with Gasteiger partial charge in [-0.2, -0.15) is 0 Å². The number of nitrogens with one attached hydrogen (secondary N) is 1. The molecule has 1 fully saturated rings. The van der Waals surface area contributed by atoms with E-state index < -0.39 is 0 Å². The van der Waals surface area contributed by atoms with Crippen LogP contribution in [0.5, 0.6) is 0 Å². The van der Waals surface area contributed by atoms with Gasteiger partial charge in [0.25, 0.3) is 0 Å². The van der Waals surface area contributed by atoms with Gasteiger partial charge < -0.3 is 10.2 Å². The fourth-order valence-corrected chi connectivity index (χ4v) is 3.95. The number of aryl methyl sites for hydroxylation is 1. The fraction of sp³-hybridized carbons (Fsp3) is 0.238. The molecule has 1 aliphatic heterocycles. The first kappa shape index (κ1) is 18.3. The molecule has 142 valence electrons. The molecule has 28 heavy (non-hydrogen) atoms. The zero-order chi connectivity index (χ0) is 19.5. The van der Waals surface area contributed by atoms with Crippen molar-refractivity contribution in [2.75, 3.05) is 11.9 Å². The third kappa shape index (κ3) is 4.09. The van der Waals surface area contributed by atoms with Gasteiger partial charge in [-0.1, -0.05) is 71.5 Å². The van der Waals surface area contributed by atoms with Crippen LogP contribution in [-0.2, 0) is 16.1 Å². The molecule has 0 saturated carbocycles. The number of hydrogen-bond acceptors (Lipinski definition) is 5. The molecule has 6 nitrogen and oxygen atoms in total. The van der Waals surface area contributed by atoms with Crippen molar-refractivity contribution < 1.29 is 9.59 Å². The van der Waals surface area contributed by atoms with Crippen LogP contribution in [0.3, 0.4) is 0 Å². The summed E-state index contributed by atoms with van der Waals surface area (Å²) in [4.78, 5) is 26.7. The molecule has 1 aliphatic rings. The second kappa shape index (κ2) is 7.90. The molecule has 1 unspecified atom stereocenters. The molecular formula is C21H20N4O2S. The van der Waals surface area contributed by atoms with Crippen LogP contribution in [0, 0.1) is 12.8 Å². The van der Waals surface area contributed by atoms with Crippen molar-refractivity contribution in [1.29, 1.82) is 0 Å². The lowest BCUT2D eigenvalue weighted by Crippen LogP contribution is -2.28. The summed E-state index contributed by atoms with van der Waals surface area (Å²) in [6, 6.07) is 17.8. The summed E-state index contributed by atoms with van der Waals surface area (Å²) in [5.74, 6) is -0.555. The van der Waals surface area contributed by atoms with Crippen LogP contribution in [0.25, 0.3) is 10.6 Å². The van der Waals surface area contributed by atoms with Gasteiger partial charge in [0, 0.05) is 25.1 Å².